The summed E-state index contributed by atoms with van der Waals surface area (Å²) in [4.78, 5) is 24.3. The number of nitrogens with zero attached hydrogens (tertiary/aromatic N) is 1. The quantitative estimate of drug-likeness (QED) is 0.613. The van der Waals surface area contributed by atoms with Crippen LogP contribution in [0.5, 0.6) is 5.75 Å². The van der Waals surface area contributed by atoms with Crippen molar-refractivity contribution in [3.8, 4) is 16.9 Å². The third-order valence-electron chi connectivity index (χ3n) is 6.17. The van der Waals surface area contributed by atoms with E-state index >= 15 is 8.78 Å². The Hall–Kier alpha value is -3.26. The van der Waals surface area contributed by atoms with Crippen molar-refractivity contribution in [3.63, 3.8) is 0 Å². The van der Waals surface area contributed by atoms with Gasteiger partial charge >= 0.3 is 5.97 Å². The van der Waals surface area contributed by atoms with Crippen molar-refractivity contribution >= 4 is 16.9 Å². The van der Waals surface area contributed by atoms with Crippen molar-refractivity contribution in [2.45, 2.75) is 38.4 Å². The predicted molar refractivity (Wildman–Crippen MR) is 111 cm³/mol. The van der Waals surface area contributed by atoms with Crippen molar-refractivity contribution in [2.75, 3.05) is 7.11 Å². The normalized spacial score (nSPS) is 17.7. The molecule has 0 amide bonds. The Morgan fingerprint density at radius 1 is 1.26 bits per heavy atom. The van der Waals surface area contributed by atoms with Crippen LogP contribution in [0.4, 0.5) is 8.78 Å². The van der Waals surface area contributed by atoms with Gasteiger partial charge in [0.1, 0.15) is 11.3 Å². The smallest absolute Gasteiger partial charge is 0.344 e. The van der Waals surface area contributed by atoms with Crippen molar-refractivity contribution in [2.24, 2.45) is 0 Å². The lowest BCUT2D eigenvalue weighted by Crippen LogP contribution is -2.24. The molecule has 1 aliphatic heterocycles. The van der Waals surface area contributed by atoms with Crippen LogP contribution in [0, 0.1) is 11.8 Å². The Morgan fingerprint density at radius 3 is 2.65 bits per heavy atom. The van der Waals surface area contributed by atoms with Crippen LogP contribution in [-0.4, -0.2) is 22.8 Å². The van der Waals surface area contributed by atoms with Crippen LogP contribution in [-0.2, 0) is 6.54 Å². The molecule has 1 atom stereocenters. The summed E-state index contributed by atoms with van der Waals surface area (Å²) < 4.78 is 37.2. The lowest BCUT2D eigenvalue weighted by atomic mass is 9.96. The van der Waals surface area contributed by atoms with E-state index in [1.54, 1.807) is 0 Å². The summed E-state index contributed by atoms with van der Waals surface area (Å²) in [6.07, 6.45) is 1.21. The minimum absolute atomic E-state index is 0.0421. The van der Waals surface area contributed by atoms with Gasteiger partial charge in [0.05, 0.1) is 12.5 Å². The van der Waals surface area contributed by atoms with Gasteiger partial charge in [-0.1, -0.05) is 12.1 Å². The predicted octanol–water partition coefficient (Wildman–Crippen LogP) is 4.15. The molecule has 3 aromatic rings. The molecule has 0 bridgehead atoms. The summed E-state index contributed by atoms with van der Waals surface area (Å²) >= 11 is 0. The molecular weight excluding hydrogens is 406 g/mol. The highest BCUT2D eigenvalue weighted by Gasteiger charge is 2.35. The van der Waals surface area contributed by atoms with Crippen molar-refractivity contribution in [3.05, 3.63) is 62.9 Å². The summed E-state index contributed by atoms with van der Waals surface area (Å²) in [5.74, 6) is -3.65. The Morgan fingerprint density at radius 2 is 2.00 bits per heavy atom. The summed E-state index contributed by atoms with van der Waals surface area (Å²) in [5.41, 5.74) is 0.989. The fourth-order valence-corrected chi connectivity index (χ4v) is 4.51. The molecule has 2 N–H and O–H groups in total. The highest BCUT2D eigenvalue weighted by atomic mass is 19.1. The molecule has 1 aromatic heterocycles. The van der Waals surface area contributed by atoms with Crippen LogP contribution in [0.15, 0.2) is 29.1 Å². The van der Waals surface area contributed by atoms with E-state index < -0.39 is 34.1 Å². The number of ether oxygens (including phenoxy) is 1. The zero-order chi connectivity index (χ0) is 22.0. The second kappa shape index (κ2) is 6.88. The summed E-state index contributed by atoms with van der Waals surface area (Å²) in [6, 6.07) is 6.75. The fourth-order valence-electron chi connectivity index (χ4n) is 4.51. The molecule has 0 radical (unpaired) electrons. The van der Waals surface area contributed by atoms with E-state index in [1.807, 2.05) is 18.2 Å². The number of carboxylic acids is 1. The van der Waals surface area contributed by atoms with Crippen LogP contribution < -0.4 is 15.5 Å². The number of pyridine rings is 1. The third kappa shape index (κ3) is 2.85. The molecule has 1 unspecified atom stereocenters. The van der Waals surface area contributed by atoms with Crippen LogP contribution >= 0.6 is 0 Å². The maximum atomic E-state index is 15.3. The Balaban J connectivity index is 1.88. The molecule has 1 saturated carbocycles. The number of aromatic nitrogens is 1. The van der Waals surface area contributed by atoms with Crippen molar-refractivity contribution in [1.82, 2.24) is 9.88 Å². The number of hydrogen-bond donors (Lipinski definition) is 2. The first-order valence-corrected chi connectivity index (χ1v) is 10.1. The van der Waals surface area contributed by atoms with Gasteiger partial charge in [-0.05, 0) is 48.6 Å². The number of halogens is 2. The van der Waals surface area contributed by atoms with Gasteiger partial charge in [0.25, 0.3) is 0 Å². The van der Waals surface area contributed by atoms with Gasteiger partial charge in [0, 0.05) is 24.2 Å². The molecule has 5 rings (SSSR count). The average Bonchev–Trinajstić information content (AvgIpc) is 3.49. The fraction of sp³-hybridized carbons (Fsp3) is 0.304. The number of aromatic carboxylic acids is 1. The second-order valence-corrected chi connectivity index (χ2v) is 8.08. The molecule has 1 fully saturated rings. The van der Waals surface area contributed by atoms with Gasteiger partial charge in [0.15, 0.2) is 11.3 Å². The number of methoxy groups -OCH3 is 1. The maximum absolute atomic E-state index is 15.3. The Bertz CT molecular complexity index is 1330. The van der Waals surface area contributed by atoms with Gasteiger partial charge in [0.2, 0.25) is 11.4 Å². The molecule has 1 aliphatic carbocycles. The molecule has 0 spiro atoms. The first kappa shape index (κ1) is 19.7. The SMILES string of the molecule is COc1c(-c2ccc3c(c2)CNC3C)cc(F)c2c(=O)c(C(=O)O)c(F)n(C3CC3)c12. The van der Waals surface area contributed by atoms with Gasteiger partial charge in [-0.2, -0.15) is 4.39 Å². The maximum Gasteiger partial charge on any atom is 0.344 e. The highest BCUT2D eigenvalue weighted by Crippen LogP contribution is 2.44. The van der Waals surface area contributed by atoms with Crippen LogP contribution in [0.2, 0.25) is 0 Å². The molecule has 31 heavy (non-hydrogen) atoms. The van der Waals surface area contributed by atoms with Gasteiger partial charge in [-0.25, -0.2) is 9.18 Å². The first-order chi connectivity index (χ1) is 14.8. The largest absolute Gasteiger partial charge is 0.494 e. The number of carboxylic acid groups (broad SMARTS) is 1. The zero-order valence-electron chi connectivity index (χ0n) is 17.0. The van der Waals surface area contributed by atoms with E-state index in [4.69, 9.17) is 4.74 Å². The van der Waals surface area contributed by atoms with E-state index in [-0.39, 0.29) is 23.3 Å². The first-order valence-electron chi connectivity index (χ1n) is 10.1. The minimum atomic E-state index is -1.72. The van der Waals surface area contributed by atoms with E-state index in [2.05, 4.69) is 12.2 Å². The van der Waals surface area contributed by atoms with E-state index in [0.717, 1.165) is 21.8 Å². The molecule has 8 heteroatoms. The lowest BCUT2D eigenvalue weighted by molar-refractivity contribution is 0.0688. The standard InChI is InChI=1S/C23H20F2N2O4/c1-10-14-6-3-11(7-12(14)9-26-10)15-8-16(24)17-19(21(15)31-2)27(13-4-5-13)22(25)18(20(17)28)23(29)30/h3,6-8,10,13,26H,4-5,9H2,1-2H3,(H,29,30). The van der Waals surface area contributed by atoms with E-state index in [9.17, 15) is 14.7 Å². The summed E-state index contributed by atoms with van der Waals surface area (Å²) in [6.45, 7) is 2.73. The van der Waals surface area contributed by atoms with Crippen molar-refractivity contribution < 1.29 is 23.4 Å². The topological polar surface area (TPSA) is 80.6 Å². The monoisotopic (exact) mass is 426 g/mol. The number of fused-ring (bicyclic) bond motifs is 2. The van der Waals surface area contributed by atoms with E-state index in [1.165, 1.54) is 7.11 Å². The molecule has 2 aromatic carbocycles. The molecule has 160 valence electrons. The lowest BCUT2D eigenvalue weighted by Gasteiger charge is -2.19. The Kier molecular flexibility index (Phi) is 4.37. The summed E-state index contributed by atoms with van der Waals surface area (Å²) in [7, 11) is 1.37. The number of carbonyl (C=O) groups is 1. The minimum Gasteiger partial charge on any atom is -0.494 e. The highest BCUT2D eigenvalue weighted by molar-refractivity contribution is 5.98. The van der Waals surface area contributed by atoms with Gasteiger partial charge < -0.3 is 19.7 Å². The molecule has 2 aliphatic rings. The van der Waals surface area contributed by atoms with Crippen LogP contribution in [0.1, 0.15) is 53.3 Å². The van der Waals surface area contributed by atoms with Crippen molar-refractivity contribution in [1.29, 1.82) is 0 Å². The third-order valence-corrected chi connectivity index (χ3v) is 6.17. The number of benzene rings is 2. The number of nitrogens with one attached hydrogen (secondary N) is 1. The van der Waals surface area contributed by atoms with Gasteiger partial charge in [-0.15, -0.1) is 0 Å². The number of rotatable bonds is 4. The molecule has 6 nitrogen and oxygen atoms in total. The molecular formula is C23H20F2N2O4. The van der Waals surface area contributed by atoms with E-state index in [0.29, 0.717) is 30.5 Å². The summed E-state index contributed by atoms with van der Waals surface area (Å²) in [5, 5.41) is 12.3. The zero-order valence-corrected chi connectivity index (χ0v) is 17.0. The Labute approximate surface area is 176 Å². The second-order valence-electron chi connectivity index (χ2n) is 8.08. The van der Waals surface area contributed by atoms with Crippen LogP contribution in [0.25, 0.3) is 22.0 Å². The van der Waals surface area contributed by atoms with Gasteiger partial charge in [-0.3, -0.25) is 4.79 Å². The molecule has 2 heterocycles. The molecule has 0 saturated heterocycles. The number of hydrogen-bond acceptors (Lipinski definition) is 4. The van der Waals surface area contributed by atoms with Crippen LogP contribution in [0.3, 0.4) is 0 Å². The average molecular weight is 426 g/mol.